The molecule has 6 nitrogen and oxygen atoms in total. The lowest BCUT2D eigenvalue weighted by atomic mass is 9.79. The van der Waals surface area contributed by atoms with Gasteiger partial charge in [-0.1, -0.05) is 13.8 Å². The van der Waals surface area contributed by atoms with Gasteiger partial charge in [0.25, 0.3) is 0 Å². The van der Waals surface area contributed by atoms with E-state index in [-0.39, 0.29) is 0 Å². The minimum atomic E-state index is -0.756. The zero-order valence-electron chi connectivity index (χ0n) is 12.2. The number of nitrogens with one attached hydrogen (secondary N) is 1. The van der Waals surface area contributed by atoms with Crippen LogP contribution in [0.2, 0.25) is 0 Å². The third-order valence-corrected chi connectivity index (χ3v) is 3.78. The van der Waals surface area contributed by atoms with Crippen molar-refractivity contribution in [2.75, 3.05) is 11.9 Å². The Hall–Kier alpha value is -1.59. The van der Waals surface area contributed by atoms with E-state index in [2.05, 4.69) is 15.5 Å². The Bertz CT molecular complexity index is 424. The molecule has 0 aliphatic rings. The summed E-state index contributed by atoms with van der Waals surface area (Å²) in [4.78, 5) is 11.5. The Morgan fingerprint density at radius 3 is 2.32 bits per heavy atom. The van der Waals surface area contributed by atoms with Crippen molar-refractivity contribution >= 4 is 11.9 Å². The summed E-state index contributed by atoms with van der Waals surface area (Å²) < 4.78 is 1.95. The monoisotopic (exact) mass is 268 g/mol. The highest BCUT2D eigenvalue weighted by molar-refractivity contribution is 5.74. The first kappa shape index (κ1) is 15.5. The summed E-state index contributed by atoms with van der Waals surface area (Å²) in [7, 11) is 0. The molecule has 1 aromatic rings. The van der Waals surface area contributed by atoms with Crippen molar-refractivity contribution in [1.82, 2.24) is 14.8 Å². The maximum Gasteiger partial charge on any atom is 0.310 e. The van der Waals surface area contributed by atoms with Gasteiger partial charge >= 0.3 is 5.97 Å². The first-order chi connectivity index (χ1) is 9.04. The summed E-state index contributed by atoms with van der Waals surface area (Å²) in [6.45, 7) is 9.32. The van der Waals surface area contributed by atoms with Gasteiger partial charge in [0.15, 0.2) is 0 Å². The van der Waals surface area contributed by atoms with E-state index in [9.17, 15) is 9.90 Å². The second kappa shape index (κ2) is 6.54. The number of aliphatic carboxylic acids is 1. The van der Waals surface area contributed by atoms with E-state index >= 15 is 0 Å². The topological polar surface area (TPSA) is 80.0 Å². The fourth-order valence-corrected chi connectivity index (χ4v) is 2.27. The van der Waals surface area contributed by atoms with Gasteiger partial charge in [-0.25, -0.2) is 0 Å². The highest BCUT2D eigenvalue weighted by Crippen LogP contribution is 2.31. The molecule has 1 aromatic heterocycles. The van der Waals surface area contributed by atoms with Crippen LogP contribution in [0, 0.1) is 5.41 Å². The third kappa shape index (κ3) is 3.05. The summed E-state index contributed by atoms with van der Waals surface area (Å²) in [6.07, 6.45) is 1.60. The molecule has 0 amide bonds. The second-order valence-corrected chi connectivity index (χ2v) is 4.68. The van der Waals surface area contributed by atoms with Crippen LogP contribution in [0.25, 0.3) is 0 Å². The Morgan fingerprint density at radius 1 is 1.26 bits per heavy atom. The SMILES string of the molecule is CCNc1nnc(CC(CC)(CC)C(=O)O)n1CC. The standard InChI is InChI=1S/C13H24N4O2/c1-5-13(6-2,11(18)19)9-10-15-16-12(14-7-3)17(10)8-4/h5-9H2,1-4H3,(H,14,16)(H,18,19). The van der Waals surface area contributed by atoms with Crippen molar-refractivity contribution in [3.63, 3.8) is 0 Å². The molecule has 0 spiro atoms. The smallest absolute Gasteiger partial charge is 0.310 e. The summed E-state index contributed by atoms with van der Waals surface area (Å²) in [5.74, 6) is 0.698. The van der Waals surface area contributed by atoms with Gasteiger partial charge in [-0.3, -0.25) is 9.36 Å². The van der Waals surface area contributed by atoms with Crippen molar-refractivity contribution in [3.05, 3.63) is 5.82 Å². The molecule has 6 heteroatoms. The van der Waals surface area contributed by atoms with Crippen LogP contribution < -0.4 is 5.32 Å². The summed E-state index contributed by atoms with van der Waals surface area (Å²) in [5, 5.41) is 20.9. The van der Waals surface area contributed by atoms with Crippen molar-refractivity contribution < 1.29 is 9.90 Å². The molecule has 1 heterocycles. The number of carboxylic acid groups (broad SMARTS) is 1. The summed E-state index contributed by atoms with van der Waals surface area (Å²) in [6, 6.07) is 0. The molecule has 0 saturated heterocycles. The van der Waals surface area contributed by atoms with Crippen molar-refractivity contribution in [3.8, 4) is 0 Å². The number of carboxylic acids is 1. The predicted molar refractivity (Wildman–Crippen MR) is 74.2 cm³/mol. The maximum absolute atomic E-state index is 11.5. The Labute approximate surface area is 114 Å². The summed E-state index contributed by atoms with van der Waals surface area (Å²) in [5.41, 5.74) is -0.747. The van der Waals surface area contributed by atoms with Gasteiger partial charge in [0.2, 0.25) is 5.95 Å². The molecule has 2 N–H and O–H groups in total. The van der Waals surface area contributed by atoms with Gasteiger partial charge in [0, 0.05) is 19.5 Å². The van der Waals surface area contributed by atoms with E-state index in [0.717, 1.165) is 18.9 Å². The first-order valence-electron chi connectivity index (χ1n) is 6.93. The van der Waals surface area contributed by atoms with Gasteiger partial charge in [0.05, 0.1) is 5.41 Å². The van der Waals surface area contributed by atoms with E-state index in [4.69, 9.17) is 0 Å². The molecule has 0 atom stereocenters. The normalized spacial score (nSPS) is 11.6. The van der Waals surface area contributed by atoms with Gasteiger partial charge < -0.3 is 10.4 Å². The minimum Gasteiger partial charge on any atom is -0.481 e. The number of hydrogen-bond donors (Lipinski definition) is 2. The number of nitrogens with zero attached hydrogens (tertiary/aromatic N) is 3. The van der Waals surface area contributed by atoms with Crippen LogP contribution in [0.15, 0.2) is 0 Å². The van der Waals surface area contributed by atoms with Gasteiger partial charge in [0.1, 0.15) is 5.82 Å². The zero-order valence-corrected chi connectivity index (χ0v) is 12.2. The van der Waals surface area contributed by atoms with Crippen LogP contribution in [0.5, 0.6) is 0 Å². The van der Waals surface area contributed by atoms with Crippen LogP contribution in [-0.4, -0.2) is 32.4 Å². The summed E-state index contributed by atoms with van der Waals surface area (Å²) >= 11 is 0. The van der Waals surface area contributed by atoms with E-state index in [1.165, 1.54) is 0 Å². The number of aromatic nitrogens is 3. The molecule has 0 saturated carbocycles. The number of hydrogen-bond acceptors (Lipinski definition) is 4. The maximum atomic E-state index is 11.5. The van der Waals surface area contributed by atoms with Gasteiger partial charge in [-0.2, -0.15) is 0 Å². The van der Waals surface area contributed by atoms with E-state index < -0.39 is 11.4 Å². The van der Waals surface area contributed by atoms with E-state index in [0.29, 0.717) is 25.2 Å². The molecule has 0 radical (unpaired) electrons. The molecular weight excluding hydrogens is 244 g/mol. The van der Waals surface area contributed by atoms with Crippen molar-refractivity contribution in [2.45, 2.75) is 53.5 Å². The lowest BCUT2D eigenvalue weighted by molar-refractivity contribution is -0.149. The second-order valence-electron chi connectivity index (χ2n) is 4.68. The fraction of sp³-hybridized carbons (Fsp3) is 0.769. The number of anilines is 1. The molecule has 108 valence electrons. The molecule has 0 aromatic carbocycles. The third-order valence-electron chi connectivity index (χ3n) is 3.78. The molecule has 0 unspecified atom stereocenters. The fourth-order valence-electron chi connectivity index (χ4n) is 2.27. The largest absolute Gasteiger partial charge is 0.481 e. The molecule has 0 aliphatic carbocycles. The highest BCUT2D eigenvalue weighted by Gasteiger charge is 2.36. The Balaban J connectivity index is 3.06. The van der Waals surface area contributed by atoms with Gasteiger partial charge in [-0.05, 0) is 26.7 Å². The molecule has 19 heavy (non-hydrogen) atoms. The van der Waals surface area contributed by atoms with Crippen molar-refractivity contribution in [2.24, 2.45) is 5.41 Å². The van der Waals surface area contributed by atoms with Crippen molar-refractivity contribution in [1.29, 1.82) is 0 Å². The lowest BCUT2D eigenvalue weighted by Crippen LogP contribution is -2.33. The van der Waals surface area contributed by atoms with Crippen LogP contribution in [-0.2, 0) is 17.8 Å². The molecule has 0 bridgehead atoms. The number of rotatable bonds is 8. The highest BCUT2D eigenvalue weighted by atomic mass is 16.4. The average molecular weight is 268 g/mol. The molecular formula is C13H24N4O2. The van der Waals surface area contributed by atoms with E-state index in [1.807, 2.05) is 32.3 Å². The average Bonchev–Trinajstić information content (AvgIpc) is 2.78. The Kier molecular flexibility index (Phi) is 5.32. The minimum absolute atomic E-state index is 0.418. The Morgan fingerprint density at radius 2 is 1.89 bits per heavy atom. The molecule has 0 fully saturated rings. The first-order valence-corrected chi connectivity index (χ1v) is 6.93. The van der Waals surface area contributed by atoms with Crippen LogP contribution in [0.1, 0.15) is 46.4 Å². The molecule has 0 aliphatic heterocycles. The van der Waals surface area contributed by atoms with Crippen LogP contribution >= 0.6 is 0 Å². The van der Waals surface area contributed by atoms with E-state index in [1.54, 1.807) is 0 Å². The number of carbonyl (C=O) groups is 1. The quantitative estimate of drug-likeness (QED) is 0.755. The van der Waals surface area contributed by atoms with Crippen LogP contribution in [0.4, 0.5) is 5.95 Å². The van der Waals surface area contributed by atoms with Crippen LogP contribution in [0.3, 0.4) is 0 Å². The molecule has 1 rings (SSSR count). The zero-order chi connectivity index (χ0) is 14.5. The predicted octanol–water partition coefficient (Wildman–Crippen LogP) is 2.16. The lowest BCUT2D eigenvalue weighted by Gasteiger charge is -2.26. The van der Waals surface area contributed by atoms with Gasteiger partial charge in [-0.15, -0.1) is 10.2 Å².